The van der Waals surface area contributed by atoms with Gasteiger partial charge in [0.15, 0.2) is 5.76 Å². The number of benzene rings is 1. The van der Waals surface area contributed by atoms with Gasteiger partial charge in [-0.2, -0.15) is 0 Å². The summed E-state index contributed by atoms with van der Waals surface area (Å²) >= 11 is 0. The number of aromatic amines is 1. The average Bonchev–Trinajstić information content (AvgIpc) is 3.07. The molecule has 0 fully saturated rings. The van der Waals surface area contributed by atoms with Crippen molar-refractivity contribution in [1.29, 1.82) is 0 Å². The molecule has 3 aromatic rings. The minimum atomic E-state index is -0.507. The molecule has 0 amide bonds. The van der Waals surface area contributed by atoms with Crippen molar-refractivity contribution in [2.45, 2.75) is 0 Å². The summed E-state index contributed by atoms with van der Waals surface area (Å²) in [5.74, 6) is 0.390. The number of rotatable bonds is 3. The van der Waals surface area contributed by atoms with Crippen molar-refractivity contribution < 1.29 is 4.42 Å². The molecule has 0 saturated carbocycles. The van der Waals surface area contributed by atoms with Crippen LogP contribution in [0.4, 0.5) is 5.69 Å². The monoisotopic (exact) mass is 255 g/mol. The number of nitrogens with one attached hydrogen (secondary N) is 1. The molecule has 0 unspecified atom stereocenters. The molecule has 0 atom stereocenters. The van der Waals surface area contributed by atoms with Crippen LogP contribution in [0.5, 0.6) is 0 Å². The standard InChI is InChI=1S/C13H9N3O3/c17-13-12(15-18)11(10-7-4-8-19-10)14-16(13)9-5-2-1-3-6-9/h1-8,14H. The number of furan rings is 1. The van der Waals surface area contributed by atoms with Crippen LogP contribution < -0.4 is 5.56 Å². The van der Waals surface area contributed by atoms with E-state index in [1.165, 1.54) is 10.9 Å². The van der Waals surface area contributed by atoms with Crippen LogP contribution in [0, 0.1) is 4.91 Å². The van der Waals surface area contributed by atoms with Crippen molar-refractivity contribution >= 4 is 5.69 Å². The Kier molecular flexibility index (Phi) is 2.60. The zero-order valence-corrected chi connectivity index (χ0v) is 9.74. The number of hydrogen-bond acceptors (Lipinski definition) is 4. The molecule has 3 rings (SSSR count). The lowest BCUT2D eigenvalue weighted by Crippen LogP contribution is -2.13. The number of para-hydroxylation sites is 1. The van der Waals surface area contributed by atoms with Crippen LogP contribution in [-0.4, -0.2) is 9.78 Å². The molecule has 2 aromatic heterocycles. The van der Waals surface area contributed by atoms with Gasteiger partial charge < -0.3 is 4.42 Å². The van der Waals surface area contributed by atoms with Crippen LogP contribution in [0.1, 0.15) is 0 Å². The number of nitrogens with zero attached hydrogens (tertiary/aromatic N) is 2. The highest BCUT2D eigenvalue weighted by molar-refractivity contribution is 5.67. The second-order valence-electron chi connectivity index (χ2n) is 3.88. The van der Waals surface area contributed by atoms with Crippen molar-refractivity contribution in [3.63, 3.8) is 0 Å². The number of H-pyrrole nitrogens is 1. The maximum Gasteiger partial charge on any atom is 0.301 e. The van der Waals surface area contributed by atoms with Crippen molar-refractivity contribution in [2.75, 3.05) is 0 Å². The molecule has 19 heavy (non-hydrogen) atoms. The van der Waals surface area contributed by atoms with Crippen LogP contribution in [0.3, 0.4) is 0 Å². The Morgan fingerprint density at radius 3 is 2.53 bits per heavy atom. The Morgan fingerprint density at radius 2 is 1.89 bits per heavy atom. The quantitative estimate of drug-likeness (QED) is 0.730. The van der Waals surface area contributed by atoms with E-state index in [4.69, 9.17) is 4.42 Å². The first kappa shape index (κ1) is 11.2. The van der Waals surface area contributed by atoms with E-state index < -0.39 is 5.56 Å². The molecule has 0 spiro atoms. The van der Waals surface area contributed by atoms with E-state index in [0.717, 1.165) is 0 Å². The van der Waals surface area contributed by atoms with Crippen molar-refractivity contribution in [1.82, 2.24) is 9.78 Å². The molecule has 0 saturated heterocycles. The Hall–Kier alpha value is -2.89. The first-order valence-electron chi connectivity index (χ1n) is 5.59. The van der Waals surface area contributed by atoms with Crippen LogP contribution in [0.25, 0.3) is 17.1 Å². The molecule has 0 bridgehead atoms. The smallest absolute Gasteiger partial charge is 0.301 e. The molecule has 94 valence electrons. The number of hydrogen-bond donors (Lipinski definition) is 1. The lowest BCUT2D eigenvalue weighted by atomic mass is 10.3. The second kappa shape index (κ2) is 4.41. The molecule has 2 heterocycles. The lowest BCUT2D eigenvalue weighted by molar-refractivity contribution is 0.579. The summed E-state index contributed by atoms with van der Waals surface area (Å²) in [5.41, 5.74) is 0.190. The van der Waals surface area contributed by atoms with Crippen molar-refractivity contribution in [2.24, 2.45) is 5.18 Å². The minimum absolute atomic E-state index is 0.196. The Balaban J connectivity index is 2.24. The molecule has 6 heteroatoms. The highest BCUT2D eigenvalue weighted by atomic mass is 16.3. The molecule has 1 aromatic carbocycles. The van der Waals surface area contributed by atoms with Gasteiger partial charge in [0.25, 0.3) is 0 Å². The van der Waals surface area contributed by atoms with E-state index in [2.05, 4.69) is 10.3 Å². The molecular formula is C13H9N3O3. The zero-order chi connectivity index (χ0) is 13.2. The van der Waals surface area contributed by atoms with Crippen LogP contribution in [0.15, 0.2) is 63.1 Å². The molecular weight excluding hydrogens is 246 g/mol. The third-order valence-electron chi connectivity index (χ3n) is 2.74. The van der Waals surface area contributed by atoms with Gasteiger partial charge in [0.2, 0.25) is 5.69 Å². The molecule has 0 aliphatic carbocycles. The maximum atomic E-state index is 12.1. The highest BCUT2D eigenvalue weighted by Crippen LogP contribution is 2.26. The van der Waals surface area contributed by atoms with Gasteiger partial charge in [-0.25, -0.2) is 4.68 Å². The fraction of sp³-hybridized carbons (Fsp3) is 0. The van der Waals surface area contributed by atoms with Gasteiger partial charge in [-0.05, 0) is 29.4 Å². The van der Waals surface area contributed by atoms with Crippen molar-refractivity contribution in [3.8, 4) is 17.1 Å². The van der Waals surface area contributed by atoms with Crippen LogP contribution >= 0.6 is 0 Å². The summed E-state index contributed by atoms with van der Waals surface area (Å²) in [6.45, 7) is 0. The fourth-order valence-electron chi connectivity index (χ4n) is 1.86. The fourth-order valence-corrected chi connectivity index (χ4v) is 1.86. The van der Waals surface area contributed by atoms with E-state index in [0.29, 0.717) is 11.4 Å². The second-order valence-corrected chi connectivity index (χ2v) is 3.88. The predicted molar refractivity (Wildman–Crippen MR) is 69.5 cm³/mol. The number of nitroso groups, excluding NO2 is 1. The van der Waals surface area contributed by atoms with Gasteiger partial charge in [0.05, 0.1) is 12.0 Å². The minimum Gasteiger partial charge on any atom is -0.463 e. The topological polar surface area (TPSA) is 80.4 Å². The summed E-state index contributed by atoms with van der Waals surface area (Å²) in [7, 11) is 0. The molecule has 0 aliphatic rings. The first-order chi connectivity index (χ1) is 9.31. The van der Waals surface area contributed by atoms with E-state index >= 15 is 0 Å². The predicted octanol–water partition coefficient (Wildman–Crippen LogP) is 2.82. The van der Waals surface area contributed by atoms with Gasteiger partial charge in [0, 0.05) is 0 Å². The lowest BCUT2D eigenvalue weighted by Gasteiger charge is -1.99. The Morgan fingerprint density at radius 1 is 1.11 bits per heavy atom. The summed E-state index contributed by atoms with van der Waals surface area (Å²) in [4.78, 5) is 23.0. The van der Waals surface area contributed by atoms with Gasteiger partial charge in [-0.1, -0.05) is 18.2 Å². The van der Waals surface area contributed by atoms with E-state index in [1.54, 1.807) is 36.4 Å². The largest absolute Gasteiger partial charge is 0.463 e. The zero-order valence-electron chi connectivity index (χ0n) is 9.74. The SMILES string of the molecule is O=Nc1c(-c2ccco2)[nH]n(-c2ccccc2)c1=O. The third-order valence-corrected chi connectivity index (χ3v) is 2.74. The molecule has 0 radical (unpaired) electrons. The van der Waals surface area contributed by atoms with Crippen LogP contribution in [-0.2, 0) is 0 Å². The van der Waals surface area contributed by atoms with Crippen LogP contribution in [0.2, 0.25) is 0 Å². The summed E-state index contributed by atoms with van der Waals surface area (Å²) < 4.78 is 6.44. The summed E-state index contributed by atoms with van der Waals surface area (Å²) in [5, 5.41) is 5.63. The summed E-state index contributed by atoms with van der Waals surface area (Å²) in [6.07, 6.45) is 1.46. The first-order valence-corrected chi connectivity index (χ1v) is 5.59. The molecule has 1 N–H and O–H groups in total. The van der Waals surface area contributed by atoms with Crippen molar-refractivity contribution in [3.05, 3.63) is 64.0 Å². The number of aromatic nitrogens is 2. The van der Waals surface area contributed by atoms with Gasteiger partial charge in [0.1, 0.15) is 5.69 Å². The van der Waals surface area contributed by atoms with E-state index in [1.807, 2.05) is 6.07 Å². The van der Waals surface area contributed by atoms with E-state index in [-0.39, 0.29) is 11.4 Å². The Labute approximate surface area is 107 Å². The maximum absolute atomic E-state index is 12.1. The third kappa shape index (κ3) is 1.79. The Bertz CT molecular complexity index is 754. The molecule has 6 nitrogen and oxygen atoms in total. The van der Waals surface area contributed by atoms with Gasteiger partial charge in [-0.3, -0.25) is 9.89 Å². The van der Waals surface area contributed by atoms with E-state index in [9.17, 15) is 9.70 Å². The van der Waals surface area contributed by atoms with Gasteiger partial charge >= 0.3 is 5.56 Å². The summed E-state index contributed by atoms with van der Waals surface area (Å²) in [6, 6.07) is 12.2. The normalized spacial score (nSPS) is 10.5. The van der Waals surface area contributed by atoms with Gasteiger partial charge in [-0.15, -0.1) is 4.91 Å². The highest BCUT2D eigenvalue weighted by Gasteiger charge is 2.19. The molecule has 0 aliphatic heterocycles. The average molecular weight is 255 g/mol.